The molecule has 0 atom stereocenters. The maximum absolute atomic E-state index is 11.0. The smallest absolute Gasteiger partial charge is 0.413 e. The molecule has 1 N–H and O–H groups in total. The predicted octanol–water partition coefficient (Wildman–Crippen LogP) is 1.78. The molecule has 0 heterocycles. The second kappa shape index (κ2) is 8.04. The Morgan fingerprint density at radius 1 is 1.38 bits per heavy atom. The maximum atomic E-state index is 11.0. The number of hydrogen-bond acceptors (Lipinski definition) is 3. The molecule has 0 aromatic heterocycles. The van der Waals surface area contributed by atoms with Gasteiger partial charge in [0, 0.05) is 13.1 Å². The summed E-state index contributed by atoms with van der Waals surface area (Å²) in [4.78, 5) is 17.2. The van der Waals surface area contributed by atoms with Gasteiger partial charge in [0.2, 0.25) is 5.11 Å². The van der Waals surface area contributed by atoms with Crippen molar-refractivity contribution >= 4 is 29.3 Å². The number of nitrogens with one attached hydrogen (secondary N) is 1. The van der Waals surface area contributed by atoms with Crippen LogP contribution in [0.5, 0.6) is 0 Å². The van der Waals surface area contributed by atoms with E-state index in [1.54, 1.807) is 6.92 Å². The van der Waals surface area contributed by atoms with Crippen molar-refractivity contribution in [3.63, 3.8) is 0 Å². The van der Waals surface area contributed by atoms with Crippen LogP contribution in [0.15, 0.2) is 4.99 Å². The van der Waals surface area contributed by atoms with Crippen molar-refractivity contribution in [3.8, 4) is 0 Å². The summed E-state index contributed by atoms with van der Waals surface area (Å²) < 4.78 is 4.69. The normalized spacial score (nSPS) is 10.9. The summed E-state index contributed by atoms with van der Waals surface area (Å²) in [7, 11) is 0. The van der Waals surface area contributed by atoms with Gasteiger partial charge in [-0.15, -0.1) is 0 Å². The Labute approximate surface area is 102 Å². The quantitative estimate of drug-likeness (QED) is 0.468. The molecule has 0 fully saturated rings. The number of rotatable bonds is 3. The number of alkyl carbamates (subject to hydrolysis) is 1. The van der Waals surface area contributed by atoms with Gasteiger partial charge in [-0.3, -0.25) is 5.32 Å². The van der Waals surface area contributed by atoms with Crippen molar-refractivity contribution in [2.75, 3.05) is 19.7 Å². The van der Waals surface area contributed by atoms with E-state index in [4.69, 9.17) is 12.2 Å². The number of carbonyl (C=O) groups is 1. The molecule has 0 saturated heterocycles. The van der Waals surface area contributed by atoms with Crippen LogP contribution in [0.25, 0.3) is 0 Å². The van der Waals surface area contributed by atoms with Gasteiger partial charge < -0.3 is 9.64 Å². The van der Waals surface area contributed by atoms with Gasteiger partial charge in [0.1, 0.15) is 5.84 Å². The van der Waals surface area contributed by atoms with Crippen LogP contribution in [0.2, 0.25) is 0 Å². The summed E-state index contributed by atoms with van der Waals surface area (Å²) in [5.74, 6) is 0.784. The average molecular weight is 245 g/mol. The van der Waals surface area contributed by atoms with Crippen molar-refractivity contribution in [2.45, 2.75) is 27.7 Å². The molecule has 0 aliphatic heterocycles. The molecule has 0 unspecified atom stereocenters. The van der Waals surface area contributed by atoms with Crippen molar-refractivity contribution in [3.05, 3.63) is 0 Å². The van der Waals surface area contributed by atoms with Crippen molar-refractivity contribution in [1.82, 2.24) is 10.2 Å². The van der Waals surface area contributed by atoms with Crippen LogP contribution < -0.4 is 5.32 Å². The van der Waals surface area contributed by atoms with Crippen molar-refractivity contribution < 1.29 is 9.53 Å². The first-order valence-electron chi connectivity index (χ1n) is 5.33. The van der Waals surface area contributed by atoms with Crippen LogP contribution >= 0.6 is 12.2 Å². The van der Waals surface area contributed by atoms with Gasteiger partial charge in [0.25, 0.3) is 0 Å². The Balaban J connectivity index is 4.30. The monoisotopic (exact) mass is 245 g/mol. The van der Waals surface area contributed by atoms with E-state index in [1.165, 1.54) is 0 Å². The lowest BCUT2D eigenvalue weighted by Crippen LogP contribution is -2.33. The van der Waals surface area contributed by atoms with Crippen LogP contribution in [0.4, 0.5) is 4.79 Å². The Hall–Kier alpha value is -1.17. The molecular weight excluding hydrogens is 226 g/mol. The van der Waals surface area contributed by atoms with Crippen LogP contribution in [-0.4, -0.2) is 41.6 Å². The molecule has 0 aromatic carbocycles. The van der Waals surface area contributed by atoms with Crippen molar-refractivity contribution in [2.24, 2.45) is 4.99 Å². The first-order valence-corrected chi connectivity index (χ1v) is 5.73. The molecule has 0 aromatic rings. The van der Waals surface area contributed by atoms with Crippen molar-refractivity contribution in [1.29, 1.82) is 0 Å². The van der Waals surface area contributed by atoms with Gasteiger partial charge in [-0.25, -0.2) is 9.79 Å². The first-order chi connectivity index (χ1) is 7.54. The zero-order valence-corrected chi connectivity index (χ0v) is 11.1. The zero-order chi connectivity index (χ0) is 12.6. The van der Waals surface area contributed by atoms with E-state index in [2.05, 4.69) is 15.0 Å². The van der Waals surface area contributed by atoms with E-state index in [1.807, 2.05) is 25.7 Å². The van der Waals surface area contributed by atoms with E-state index in [9.17, 15) is 4.79 Å². The van der Waals surface area contributed by atoms with E-state index in [-0.39, 0.29) is 5.11 Å². The highest BCUT2D eigenvalue weighted by Crippen LogP contribution is 1.92. The maximum Gasteiger partial charge on any atom is 0.413 e. The van der Waals surface area contributed by atoms with Gasteiger partial charge in [-0.2, -0.15) is 0 Å². The van der Waals surface area contributed by atoms with Crippen LogP contribution in [0.3, 0.4) is 0 Å². The number of hydrogen-bond donors (Lipinski definition) is 1. The molecule has 5 nitrogen and oxygen atoms in total. The van der Waals surface area contributed by atoms with Gasteiger partial charge >= 0.3 is 6.09 Å². The second-order valence-corrected chi connectivity index (χ2v) is 3.37. The fraction of sp³-hybridized carbons (Fsp3) is 0.700. The fourth-order valence-electron chi connectivity index (χ4n) is 1.18. The fourth-order valence-corrected chi connectivity index (χ4v) is 1.40. The minimum absolute atomic E-state index is 0.128. The molecule has 0 aliphatic rings. The highest BCUT2D eigenvalue weighted by Gasteiger charge is 2.06. The number of amides is 1. The summed E-state index contributed by atoms with van der Waals surface area (Å²) in [6, 6.07) is 0. The van der Waals surface area contributed by atoms with Crippen LogP contribution in [0.1, 0.15) is 27.7 Å². The van der Waals surface area contributed by atoms with Crippen LogP contribution in [0, 0.1) is 0 Å². The number of ether oxygens (including phenoxy) is 1. The summed E-state index contributed by atoms with van der Waals surface area (Å²) in [5, 5.41) is 2.50. The van der Waals surface area contributed by atoms with E-state index in [0.29, 0.717) is 6.61 Å². The number of nitrogens with zero attached hydrogens (tertiary/aromatic N) is 2. The Morgan fingerprint density at radius 3 is 2.38 bits per heavy atom. The molecule has 0 bridgehead atoms. The van der Waals surface area contributed by atoms with Gasteiger partial charge in [0.15, 0.2) is 0 Å². The molecule has 0 aliphatic carbocycles. The van der Waals surface area contributed by atoms with Gasteiger partial charge in [-0.05, 0) is 39.9 Å². The SMILES string of the molecule is CCOC(=O)NC(=S)N=C(C)N(CC)CC. The summed E-state index contributed by atoms with van der Waals surface area (Å²) in [6.07, 6.45) is -0.566. The summed E-state index contributed by atoms with van der Waals surface area (Å²) >= 11 is 4.91. The molecule has 0 radical (unpaired) electrons. The van der Waals surface area contributed by atoms with Gasteiger partial charge in [-0.1, -0.05) is 0 Å². The number of carbonyl (C=O) groups excluding carboxylic acids is 1. The third-order valence-electron chi connectivity index (χ3n) is 1.97. The largest absolute Gasteiger partial charge is 0.450 e. The minimum atomic E-state index is -0.566. The summed E-state index contributed by atoms with van der Waals surface area (Å²) in [6.45, 7) is 9.67. The van der Waals surface area contributed by atoms with Gasteiger partial charge in [0.05, 0.1) is 6.61 Å². The number of thiocarbonyl (C=S) groups is 1. The third kappa shape index (κ3) is 5.65. The molecule has 0 saturated carbocycles. The topological polar surface area (TPSA) is 53.9 Å². The molecule has 92 valence electrons. The van der Waals surface area contributed by atoms with E-state index >= 15 is 0 Å². The first kappa shape index (κ1) is 14.8. The average Bonchev–Trinajstić information content (AvgIpc) is 2.19. The minimum Gasteiger partial charge on any atom is -0.450 e. The second-order valence-electron chi connectivity index (χ2n) is 2.98. The molecular formula is C10H19N3O2S. The number of amidine groups is 1. The standard InChI is InChI=1S/C10H19N3O2S/c1-5-13(6-2)8(4)11-9(16)12-10(14)15-7-3/h5-7H2,1-4H3,(H,12,14,16). The van der Waals surface area contributed by atoms with Crippen LogP contribution in [-0.2, 0) is 4.74 Å². The Bertz CT molecular complexity index is 275. The Morgan fingerprint density at radius 2 is 1.94 bits per heavy atom. The zero-order valence-electron chi connectivity index (χ0n) is 10.2. The predicted molar refractivity (Wildman–Crippen MR) is 68.8 cm³/mol. The molecule has 1 amide bonds. The molecule has 6 heteroatoms. The lowest BCUT2D eigenvalue weighted by atomic mass is 10.5. The van der Waals surface area contributed by atoms with E-state index < -0.39 is 6.09 Å². The highest BCUT2D eigenvalue weighted by molar-refractivity contribution is 7.80. The molecule has 0 spiro atoms. The highest BCUT2D eigenvalue weighted by atomic mass is 32.1. The van der Waals surface area contributed by atoms with E-state index in [0.717, 1.165) is 18.9 Å². The molecule has 0 rings (SSSR count). The molecule has 16 heavy (non-hydrogen) atoms. The Kier molecular flexibility index (Phi) is 7.45. The lowest BCUT2D eigenvalue weighted by molar-refractivity contribution is 0.158. The summed E-state index contributed by atoms with van der Waals surface area (Å²) in [5.41, 5.74) is 0. The number of aliphatic imine (C=N–C) groups is 1. The third-order valence-corrected chi connectivity index (χ3v) is 2.16. The lowest BCUT2D eigenvalue weighted by Gasteiger charge is -2.19.